The van der Waals surface area contributed by atoms with Crippen LogP contribution in [0.5, 0.6) is 0 Å². The first kappa shape index (κ1) is 14.2. The van der Waals surface area contributed by atoms with Gasteiger partial charge in [-0.1, -0.05) is 18.2 Å². The molecular weight excluding hydrogens is 257 g/mol. The van der Waals surface area contributed by atoms with E-state index in [9.17, 15) is 9.18 Å². The number of nitrogens with zero attached hydrogens (tertiary/aromatic N) is 1. The first-order valence-corrected chi connectivity index (χ1v) is 6.41. The Kier molecular flexibility index (Phi) is 3.38. The molecule has 0 unspecified atom stereocenters. The van der Waals surface area contributed by atoms with Gasteiger partial charge in [0.15, 0.2) is 0 Å². The van der Waals surface area contributed by atoms with Crippen molar-refractivity contribution in [2.45, 2.75) is 26.8 Å². The molecule has 1 aliphatic heterocycles. The van der Waals surface area contributed by atoms with Gasteiger partial charge in [-0.05, 0) is 26.8 Å². The molecule has 1 aromatic rings. The number of halogens is 1. The fourth-order valence-electron chi connectivity index (χ4n) is 2.55. The number of carbonyl (C=O) groups excluding carboxylic acids is 1. The average Bonchev–Trinajstić information content (AvgIpc) is 2.56. The minimum absolute atomic E-state index is 0.0400. The first-order chi connectivity index (χ1) is 9.32. The molecule has 0 spiro atoms. The third-order valence-corrected chi connectivity index (χ3v) is 3.83. The summed E-state index contributed by atoms with van der Waals surface area (Å²) in [6.07, 6.45) is 1.29. The fraction of sp³-hybridized carbons (Fsp3) is 0.333. The van der Waals surface area contributed by atoms with Gasteiger partial charge in [0.05, 0.1) is 11.5 Å². The Morgan fingerprint density at radius 3 is 2.50 bits per heavy atom. The van der Waals surface area contributed by atoms with Gasteiger partial charge in [-0.3, -0.25) is 15.1 Å². The van der Waals surface area contributed by atoms with Crippen LogP contribution < -0.4 is 5.73 Å². The first-order valence-electron chi connectivity index (χ1n) is 6.41. The molecule has 0 bridgehead atoms. The summed E-state index contributed by atoms with van der Waals surface area (Å²) < 4.78 is 13.9. The number of hydrogen-bond donors (Lipinski definition) is 2. The van der Waals surface area contributed by atoms with Crippen LogP contribution in [-0.4, -0.2) is 16.6 Å². The van der Waals surface area contributed by atoms with Crippen LogP contribution in [0.1, 0.15) is 32.4 Å². The van der Waals surface area contributed by atoms with Gasteiger partial charge in [-0.15, -0.1) is 0 Å². The Hall–Kier alpha value is -2.17. The van der Waals surface area contributed by atoms with Crippen LogP contribution in [0.25, 0.3) is 0 Å². The molecule has 3 N–H and O–H groups in total. The Balaban J connectivity index is 2.47. The lowest BCUT2D eigenvalue weighted by atomic mass is 9.87. The van der Waals surface area contributed by atoms with Crippen LogP contribution >= 0.6 is 0 Å². The zero-order valence-corrected chi connectivity index (χ0v) is 11.8. The van der Waals surface area contributed by atoms with Crippen molar-refractivity contribution in [2.24, 2.45) is 11.1 Å². The van der Waals surface area contributed by atoms with E-state index < -0.39 is 11.5 Å². The van der Waals surface area contributed by atoms with Crippen molar-refractivity contribution < 1.29 is 9.18 Å². The van der Waals surface area contributed by atoms with Crippen molar-refractivity contribution in [1.29, 1.82) is 5.41 Å². The molecule has 0 aliphatic carbocycles. The van der Waals surface area contributed by atoms with Gasteiger partial charge in [0.25, 0.3) is 0 Å². The monoisotopic (exact) mass is 275 g/mol. The maximum atomic E-state index is 13.9. The molecule has 1 heterocycles. The molecule has 1 aromatic carbocycles. The molecule has 1 atom stereocenters. The summed E-state index contributed by atoms with van der Waals surface area (Å²) in [6.45, 7) is 5.15. The van der Waals surface area contributed by atoms with Gasteiger partial charge in [0.1, 0.15) is 11.7 Å². The molecule has 1 amide bonds. The minimum Gasteiger partial charge on any atom is -0.404 e. The number of rotatable bonds is 2. The number of nitrogens with one attached hydrogen (secondary N) is 1. The number of amides is 1. The zero-order valence-electron chi connectivity index (χ0n) is 11.8. The predicted molar refractivity (Wildman–Crippen MR) is 75.4 cm³/mol. The Morgan fingerprint density at radius 2 is 2.00 bits per heavy atom. The Labute approximate surface area is 117 Å². The zero-order chi connectivity index (χ0) is 15.1. The van der Waals surface area contributed by atoms with Crippen LogP contribution in [0.4, 0.5) is 4.39 Å². The third kappa shape index (κ3) is 1.90. The lowest BCUT2D eigenvalue weighted by molar-refractivity contribution is -0.133. The average molecular weight is 275 g/mol. The number of carbonyl (C=O) groups is 1. The summed E-state index contributed by atoms with van der Waals surface area (Å²) in [5, 5.41) is 8.13. The van der Waals surface area contributed by atoms with Crippen molar-refractivity contribution in [3.63, 3.8) is 0 Å². The highest BCUT2D eigenvalue weighted by Gasteiger charge is 2.49. The summed E-state index contributed by atoms with van der Waals surface area (Å²) in [5.74, 6) is -0.586. The molecule has 5 heteroatoms. The second-order valence-corrected chi connectivity index (χ2v) is 5.43. The number of amidine groups is 1. The molecule has 0 aromatic heterocycles. The minimum atomic E-state index is -0.856. The molecule has 0 saturated carbocycles. The highest BCUT2D eigenvalue weighted by molar-refractivity contribution is 6.18. The van der Waals surface area contributed by atoms with Crippen LogP contribution in [0.3, 0.4) is 0 Å². The van der Waals surface area contributed by atoms with Gasteiger partial charge >= 0.3 is 0 Å². The molecule has 106 valence electrons. The van der Waals surface area contributed by atoms with Gasteiger partial charge < -0.3 is 5.73 Å². The van der Waals surface area contributed by atoms with E-state index in [1.165, 1.54) is 17.2 Å². The smallest absolute Gasteiger partial charge is 0.238 e. The van der Waals surface area contributed by atoms with E-state index in [2.05, 4.69) is 0 Å². The maximum Gasteiger partial charge on any atom is 0.238 e. The maximum absolute atomic E-state index is 13.9. The van der Waals surface area contributed by atoms with Gasteiger partial charge in [0, 0.05) is 17.3 Å². The molecule has 20 heavy (non-hydrogen) atoms. The summed E-state index contributed by atoms with van der Waals surface area (Å²) >= 11 is 0. The number of nitrogens with two attached hydrogens (primary N) is 1. The standard InChI is InChI=1S/C15H18FN3O/c1-9(10-6-4-5-7-12(10)16)19-13(18)11(8-17)15(2,3)14(19)20/h4-9,18H,17H2,1-3H3/b11-8+,18-13?/t9-/m0/s1. The Morgan fingerprint density at radius 1 is 1.40 bits per heavy atom. The summed E-state index contributed by atoms with van der Waals surface area (Å²) in [4.78, 5) is 13.8. The number of benzene rings is 1. The van der Waals surface area contributed by atoms with E-state index in [4.69, 9.17) is 11.1 Å². The lowest BCUT2D eigenvalue weighted by Crippen LogP contribution is -2.35. The molecule has 4 nitrogen and oxygen atoms in total. The van der Waals surface area contributed by atoms with Crippen LogP contribution in [0, 0.1) is 16.6 Å². The van der Waals surface area contributed by atoms with Gasteiger partial charge in [0.2, 0.25) is 5.91 Å². The normalized spacial score (nSPS) is 21.6. The highest BCUT2D eigenvalue weighted by atomic mass is 19.1. The molecule has 0 radical (unpaired) electrons. The molecular formula is C15H18FN3O. The van der Waals surface area contributed by atoms with E-state index in [1.54, 1.807) is 39.0 Å². The number of likely N-dealkylation sites (tertiary alicyclic amines) is 1. The molecule has 2 rings (SSSR count). The Bertz CT molecular complexity index is 607. The van der Waals surface area contributed by atoms with E-state index >= 15 is 0 Å². The molecule has 1 saturated heterocycles. The largest absolute Gasteiger partial charge is 0.404 e. The van der Waals surface area contributed by atoms with E-state index in [1.807, 2.05) is 0 Å². The van der Waals surface area contributed by atoms with Crippen LogP contribution in [0.15, 0.2) is 36.0 Å². The van der Waals surface area contributed by atoms with Crippen molar-refractivity contribution in [2.75, 3.05) is 0 Å². The van der Waals surface area contributed by atoms with Gasteiger partial charge in [-0.25, -0.2) is 4.39 Å². The van der Waals surface area contributed by atoms with Crippen molar-refractivity contribution in [1.82, 2.24) is 4.90 Å². The topological polar surface area (TPSA) is 70.2 Å². The molecule has 1 aliphatic rings. The summed E-state index contributed by atoms with van der Waals surface area (Å²) in [6, 6.07) is 5.73. The van der Waals surface area contributed by atoms with Crippen LogP contribution in [-0.2, 0) is 4.79 Å². The summed E-state index contributed by atoms with van der Waals surface area (Å²) in [7, 11) is 0. The van der Waals surface area contributed by atoms with E-state index in [0.29, 0.717) is 11.1 Å². The van der Waals surface area contributed by atoms with Crippen molar-refractivity contribution in [3.05, 3.63) is 47.4 Å². The SMILES string of the molecule is C[C@@H](c1ccccc1F)N1C(=N)/C(=C\N)C(C)(C)C1=O. The predicted octanol–water partition coefficient (Wildman–Crippen LogP) is 2.57. The summed E-state index contributed by atoms with van der Waals surface area (Å²) in [5.41, 5.74) is 5.53. The second-order valence-electron chi connectivity index (χ2n) is 5.43. The quantitative estimate of drug-likeness (QED) is 0.870. The van der Waals surface area contributed by atoms with Gasteiger partial charge in [-0.2, -0.15) is 0 Å². The third-order valence-electron chi connectivity index (χ3n) is 3.83. The van der Waals surface area contributed by atoms with Crippen molar-refractivity contribution in [3.8, 4) is 0 Å². The molecule has 1 fully saturated rings. The second kappa shape index (κ2) is 4.74. The van der Waals surface area contributed by atoms with Crippen molar-refractivity contribution >= 4 is 11.7 Å². The lowest BCUT2D eigenvalue weighted by Gasteiger charge is -2.26. The highest BCUT2D eigenvalue weighted by Crippen LogP contribution is 2.41. The van der Waals surface area contributed by atoms with Crippen LogP contribution in [0.2, 0.25) is 0 Å². The fourth-order valence-corrected chi connectivity index (χ4v) is 2.55. The number of hydrogen-bond acceptors (Lipinski definition) is 3. The van der Waals surface area contributed by atoms with E-state index in [0.717, 1.165) is 0 Å². The van der Waals surface area contributed by atoms with E-state index in [-0.39, 0.29) is 17.6 Å².